The van der Waals surface area contributed by atoms with Crippen molar-refractivity contribution in [2.75, 3.05) is 13.1 Å². The summed E-state index contributed by atoms with van der Waals surface area (Å²) in [7, 11) is 0. The average molecular weight is 318 g/mol. The second-order valence-electron chi connectivity index (χ2n) is 5.28. The molecule has 0 aliphatic rings. The topological polar surface area (TPSA) is 41.1 Å². The molecular formula is C18H20F2N2O. The molecule has 2 aromatic rings. The van der Waals surface area contributed by atoms with Gasteiger partial charge in [-0.2, -0.15) is 0 Å². The van der Waals surface area contributed by atoms with Gasteiger partial charge in [-0.1, -0.05) is 24.3 Å². The Bertz CT molecular complexity index is 612. The Hall–Kier alpha value is -2.27. The quantitative estimate of drug-likeness (QED) is 0.735. The fourth-order valence-electron chi connectivity index (χ4n) is 2.12. The normalized spacial score (nSPS) is 10.5. The second-order valence-corrected chi connectivity index (χ2v) is 5.28. The smallest absolute Gasteiger partial charge is 0.221 e. The van der Waals surface area contributed by atoms with E-state index in [1.54, 1.807) is 24.3 Å². The summed E-state index contributed by atoms with van der Waals surface area (Å²) < 4.78 is 25.5. The number of amides is 1. The molecule has 0 bridgehead atoms. The second kappa shape index (κ2) is 9.00. The molecule has 2 aromatic carbocycles. The van der Waals surface area contributed by atoms with Gasteiger partial charge in [0.2, 0.25) is 5.91 Å². The van der Waals surface area contributed by atoms with Crippen molar-refractivity contribution in [2.24, 2.45) is 0 Å². The van der Waals surface area contributed by atoms with Crippen molar-refractivity contribution in [1.82, 2.24) is 10.6 Å². The van der Waals surface area contributed by atoms with Crippen LogP contribution in [-0.4, -0.2) is 19.0 Å². The SMILES string of the molecule is O=C(CCNCc1ccc(F)cc1)NCCc1ccc(F)cc1. The fourth-order valence-corrected chi connectivity index (χ4v) is 2.12. The van der Waals surface area contributed by atoms with Crippen molar-refractivity contribution >= 4 is 5.91 Å². The Morgan fingerprint density at radius 2 is 1.39 bits per heavy atom. The number of hydrogen-bond acceptors (Lipinski definition) is 2. The van der Waals surface area contributed by atoms with Crippen LogP contribution in [0, 0.1) is 11.6 Å². The Morgan fingerprint density at radius 3 is 2.00 bits per heavy atom. The maximum absolute atomic E-state index is 12.8. The summed E-state index contributed by atoms with van der Waals surface area (Å²) in [6.45, 7) is 1.69. The number of benzene rings is 2. The van der Waals surface area contributed by atoms with E-state index in [0.29, 0.717) is 32.5 Å². The van der Waals surface area contributed by atoms with Crippen LogP contribution in [0.5, 0.6) is 0 Å². The van der Waals surface area contributed by atoms with E-state index >= 15 is 0 Å². The maximum atomic E-state index is 12.8. The van der Waals surface area contributed by atoms with E-state index in [0.717, 1.165) is 11.1 Å². The highest BCUT2D eigenvalue weighted by atomic mass is 19.1. The zero-order valence-corrected chi connectivity index (χ0v) is 12.8. The molecule has 0 saturated heterocycles. The minimum absolute atomic E-state index is 0.0290. The van der Waals surface area contributed by atoms with Crippen molar-refractivity contribution in [3.05, 3.63) is 71.3 Å². The standard InChI is InChI=1S/C18H20F2N2O/c19-16-5-1-14(2-6-16)9-12-22-18(23)10-11-21-13-15-3-7-17(20)8-4-15/h1-8,21H,9-13H2,(H,22,23). The van der Waals surface area contributed by atoms with Crippen LogP contribution in [-0.2, 0) is 17.8 Å². The molecule has 5 heteroatoms. The third kappa shape index (κ3) is 6.57. The van der Waals surface area contributed by atoms with Gasteiger partial charge in [0.25, 0.3) is 0 Å². The molecule has 0 aliphatic heterocycles. The Labute approximate surface area is 134 Å². The Kier molecular flexibility index (Phi) is 6.69. The zero-order chi connectivity index (χ0) is 16.5. The van der Waals surface area contributed by atoms with Crippen molar-refractivity contribution in [1.29, 1.82) is 0 Å². The van der Waals surface area contributed by atoms with Gasteiger partial charge < -0.3 is 10.6 Å². The Morgan fingerprint density at radius 1 is 0.826 bits per heavy atom. The van der Waals surface area contributed by atoms with Crippen molar-refractivity contribution in [3.63, 3.8) is 0 Å². The van der Waals surface area contributed by atoms with Crippen LogP contribution in [0.4, 0.5) is 8.78 Å². The fraction of sp³-hybridized carbons (Fsp3) is 0.278. The van der Waals surface area contributed by atoms with Crippen LogP contribution >= 0.6 is 0 Å². The van der Waals surface area contributed by atoms with Crippen LogP contribution in [0.25, 0.3) is 0 Å². The number of hydrogen-bond donors (Lipinski definition) is 2. The first-order chi connectivity index (χ1) is 11.1. The minimum Gasteiger partial charge on any atom is -0.356 e. The predicted octanol–water partition coefficient (Wildman–Crippen LogP) is 2.80. The van der Waals surface area contributed by atoms with E-state index in [9.17, 15) is 13.6 Å². The molecule has 122 valence electrons. The molecule has 23 heavy (non-hydrogen) atoms. The van der Waals surface area contributed by atoms with E-state index in [-0.39, 0.29) is 17.5 Å². The van der Waals surface area contributed by atoms with Gasteiger partial charge in [-0.05, 0) is 41.8 Å². The highest BCUT2D eigenvalue weighted by molar-refractivity contribution is 5.76. The first kappa shape index (κ1) is 17.1. The lowest BCUT2D eigenvalue weighted by Crippen LogP contribution is -2.29. The monoisotopic (exact) mass is 318 g/mol. The van der Waals surface area contributed by atoms with Gasteiger partial charge in [-0.3, -0.25) is 4.79 Å². The summed E-state index contributed by atoms with van der Waals surface area (Å²) in [6.07, 6.45) is 1.06. The molecule has 0 unspecified atom stereocenters. The van der Waals surface area contributed by atoms with Gasteiger partial charge in [0.1, 0.15) is 11.6 Å². The summed E-state index contributed by atoms with van der Waals surface area (Å²) in [5.41, 5.74) is 1.96. The molecule has 0 fully saturated rings. The molecule has 3 nitrogen and oxygen atoms in total. The summed E-state index contributed by atoms with van der Waals surface area (Å²) in [5, 5.41) is 5.97. The van der Waals surface area contributed by atoms with Crippen molar-refractivity contribution in [3.8, 4) is 0 Å². The molecule has 0 aliphatic carbocycles. The largest absolute Gasteiger partial charge is 0.356 e. The third-order valence-corrected chi connectivity index (χ3v) is 3.42. The maximum Gasteiger partial charge on any atom is 0.221 e. The number of carbonyl (C=O) groups is 1. The lowest BCUT2D eigenvalue weighted by Gasteiger charge is -2.07. The molecule has 2 rings (SSSR count). The van der Waals surface area contributed by atoms with E-state index in [1.165, 1.54) is 24.3 Å². The van der Waals surface area contributed by atoms with E-state index in [2.05, 4.69) is 10.6 Å². The lowest BCUT2D eigenvalue weighted by molar-refractivity contribution is -0.120. The van der Waals surface area contributed by atoms with Crippen LogP contribution in [0.1, 0.15) is 17.5 Å². The minimum atomic E-state index is -0.259. The van der Waals surface area contributed by atoms with Gasteiger partial charge in [-0.25, -0.2) is 8.78 Å². The number of carbonyl (C=O) groups excluding carboxylic acids is 1. The van der Waals surface area contributed by atoms with Gasteiger partial charge in [-0.15, -0.1) is 0 Å². The number of nitrogens with one attached hydrogen (secondary N) is 2. The van der Waals surface area contributed by atoms with E-state index in [1.807, 2.05) is 0 Å². The Balaban J connectivity index is 1.56. The first-order valence-corrected chi connectivity index (χ1v) is 7.60. The first-order valence-electron chi connectivity index (χ1n) is 7.60. The number of rotatable bonds is 8. The predicted molar refractivity (Wildman–Crippen MR) is 85.8 cm³/mol. The summed E-state index contributed by atoms with van der Waals surface area (Å²) in [4.78, 5) is 11.7. The van der Waals surface area contributed by atoms with E-state index in [4.69, 9.17) is 0 Å². The van der Waals surface area contributed by atoms with Gasteiger partial charge in [0.05, 0.1) is 0 Å². The molecule has 0 aromatic heterocycles. The van der Waals surface area contributed by atoms with E-state index < -0.39 is 0 Å². The molecule has 0 atom stereocenters. The molecule has 0 saturated carbocycles. The lowest BCUT2D eigenvalue weighted by atomic mass is 10.1. The molecular weight excluding hydrogens is 298 g/mol. The summed E-state index contributed by atoms with van der Waals surface area (Å²) >= 11 is 0. The molecule has 2 N–H and O–H groups in total. The third-order valence-electron chi connectivity index (χ3n) is 3.42. The van der Waals surface area contributed by atoms with Crippen molar-refractivity contribution in [2.45, 2.75) is 19.4 Å². The highest BCUT2D eigenvalue weighted by Crippen LogP contribution is 2.03. The van der Waals surface area contributed by atoms with Crippen LogP contribution < -0.4 is 10.6 Å². The van der Waals surface area contributed by atoms with Crippen LogP contribution in [0.3, 0.4) is 0 Å². The molecule has 0 radical (unpaired) electrons. The average Bonchev–Trinajstić information content (AvgIpc) is 2.55. The van der Waals surface area contributed by atoms with Gasteiger partial charge in [0, 0.05) is 26.1 Å². The van der Waals surface area contributed by atoms with Gasteiger partial charge >= 0.3 is 0 Å². The zero-order valence-electron chi connectivity index (χ0n) is 12.8. The van der Waals surface area contributed by atoms with Crippen molar-refractivity contribution < 1.29 is 13.6 Å². The van der Waals surface area contributed by atoms with Crippen LogP contribution in [0.15, 0.2) is 48.5 Å². The van der Waals surface area contributed by atoms with Crippen LogP contribution in [0.2, 0.25) is 0 Å². The molecule has 1 amide bonds. The number of halogens is 2. The van der Waals surface area contributed by atoms with Gasteiger partial charge in [0.15, 0.2) is 0 Å². The molecule has 0 spiro atoms. The summed E-state index contributed by atoms with van der Waals surface area (Å²) in [6, 6.07) is 12.5. The molecule has 0 heterocycles. The highest BCUT2D eigenvalue weighted by Gasteiger charge is 2.01. The summed E-state index contributed by atoms with van der Waals surface area (Å²) in [5.74, 6) is -0.544.